The number of nitrogen functional groups attached to an aromatic ring is 2. The Morgan fingerprint density at radius 1 is 1.43 bits per heavy atom. The van der Waals surface area contributed by atoms with E-state index in [1.54, 1.807) is 12.4 Å². The van der Waals surface area contributed by atoms with Crippen molar-refractivity contribution in [2.24, 2.45) is 0 Å². The van der Waals surface area contributed by atoms with E-state index in [4.69, 9.17) is 11.5 Å². The standard InChI is InChI=1S/C10H16N4/c1-13-5-3-2-4-8-6-14-7-9(11)10(8)12/h2,4,6-7,13H,3,5,11H2,1H3,(H2,12,14). The van der Waals surface area contributed by atoms with Gasteiger partial charge >= 0.3 is 0 Å². The van der Waals surface area contributed by atoms with Crippen LogP contribution in [0.5, 0.6) is 0 Å². The quantitative estimate of drug-likeness (QED) is 0.619. The fourth-order valence-electron chi connectivity index (χ4n) is 1.07. The molecule has 0 aliphatic carbocycles. The minimum Gasteiger partial charge on any atom is -0.396 e. The zero-order valence-corrected chi connectivity index (χ0v) is 8.33. The molecular weight excluding hydrogens is 176 g/mol. The molecule has 5 N–H and O–H groups in total. The predicted molar refractivity (Wildman–Crippen MR) is 60.6 cm³/mol. The van der Waals surface area contributed by atoms with Gasteiger partial charge < -0.3 is 16.8 Å². The molecule has 0 aliphatic rings. The highest BCUT2D eigenvalue weighted by molar-refractivity contribution is 5.74. The van der Waals surface area contributed by atoms with Crippen LogP contribution in [0.2, 0.25) is 0 Å². The van der Waals surface area contributed by atoms with E-state index >= 15 is 0 Å². The number of rotatable bonds is 4. The summed E-state index contributed by atoms with van der Waals surface area (Å²) >= 11 is 0. The summed E-state index contributed by atoms with van der Waals surface area (Å²) in [7, 11) is 1.92. The molecule has 0 unspecified atom stereocenters. The van der Waals surface area contributed by atoms with Crippen molar-refractivity contribution in [3.05, 3.63) is 24.0 Å². The molecule has 1 rings (SSSR count). The summed E-state index contributed by atoms with van der Waals surface area (Å²) in [4.78, 5) is 3.97. The molecule has 4 nitrogen and oxygen atoms in total. The van der Waals surface area contributed by atoms with Crippen LogP contribution in [-0.4, -0.2) is 18.6 Å². The van der Waals surface area contributed by atoms with E-state index in [0.717, 1.165) is 18.5 Å². The molecular formula is C10H16N4. The molecule has 0 saturated carbocycles. The van der Waals surface area contributed by atoms with E-state index in [2.05, 4.69) is 10.3 Å². The van der Waals surface area contributed by atoms with Crippen molar-refractivity contribution in [2.45, 2.75) is 6.42 Å². The zero-order valence-electron chi connectivity index (χ0n) is 8.33. The molecule has 0 aromatic carbocycles. The number of aromatic nitrogens is 1. The van der Waals surface area contributed by atoms with Gasteiger partial charge in [-0.1, -0.05) is 12.2 Å². The maximum Gasteiger partial charge on any atom is 0.0740 e. The van der Waals surface area contributed by atoms with Gasteiger partial charge in [0.05, 0.1) is 17.6 Å². The highest BCUT2D eigenvalue weighted by Gasteiger charge is 1.98. The molecule has 0 aliphatic heterocycles. The van der Waals surface area contributed by atoms with E-state index in [1.165, 1.54) is 0 Å². The largest absolute Gasteiger partial charge is 0.396 e. The third kappa shape index (κ3) is 2.74. The summed E-state index contributed by atoms with van der Waals surface area (Å²) in [5, 5.41) is 3.06. The lowest BCUT2D eigenvalue weighted by Crippen LogP contribution is -2.05. The molecule has 4 heteroatoms. The summed E-state index contributed by atoms with van der Waals surface area (Å²) in [6.07, 6.45) is 8.21. The van der Waals surface area contributed by atoms with Gasteiger partial charge in [-0.2, -0.15) is 0 Å². The molecule has 0 bridgehead atoms. The molecule has 0 fully saturated rings. The van der Waals surface area contributed by atoms with Crippen LogP contribution < -0.4 is 16.8 Å². The molecule has 1 aromatic rings. The van der Waals surface area contributed by atoms with Gasteiger partial charge in [0, 0.05) is 11.8 Å². The Morgan fingerprint density at radius 3 is 2.93 bits per heavy atom. The molecule has 14 heavy (non-hydrogen) atoms. The Hall–Kier alpha value is -1.55. The minimum absolute atomic E-state index is 0.528. The van der Waals surface area contributed by atoms with E-state index < -0.39 is 0 Å². The third-order valence-corrected chi connectivity index (χ3v) is 1.91. The average molecular weight is 192 g/mol. The van der Waals surface area contributed by atoms with Gasteiger partial charge in [0.25, 0.3) is 0 Å². The normalized spacial score (nSPS) is 10.9. The van der Waals surface area contributed by atoms with Gasteiger partial charge in [0.1, 0.15) is 0 Å². The first kappa shape index (κ1) is 10.5. The summed E-state index contributed by atoms with van der Waals surface area (Å²) in [6, 6.07) is 0. The Labute approximate surface area is 84.0 Å². The zero-order chi connectivity index (χ0) is 10.4. The highest BCUT2D eigenvalue weighted by atomic mass is 14.8. The summed E-state index contributed by atoms with van der Waals surface area (Å²) < 4.78 is 0. The maximum atomic E-state index is 5.77. The minimum atomic E-state index is 0.528. The molecule has 1 aromatic heterocycles. The Kier molecular flexibility index (Phi) is 3.94. The molecule has 0 spiro atoms. The fourth-order valence-corrected chi connectivity index (χ4v) is 1.07. The summed E-state index contributed by atoms with van der Waals surface area (Å²) in [5.74, 6) is 0. The number of nitrogens with two attached hydrogens (primary N) is 2. The van der Waals surface area contributed by atoms with Gasteiger partial charge in [-0.15, -0.1) is 0 Å². The first-order valence-electron chi connectivity index (χ1n) is 4.55. The van der Waals surface area contributed by atoms with Crippen molar-refractivity contribution in [1.29, 1.82) is 0 Å². The fraction of sp³-hybridized carbons (Fsp3) is 0.300. The first-order chi connectivity index (χ1) is 6.75. The van der Waals surface area contributed by atoms with Crippen molar-refractivity contribution >= 4 is 17.5 Å². The van der Waals surface area contributed by atoms with Crippen LogP contribution in [0.3, 0.4) is 0 Å². The van der Waals surface area contributed by atoms with Crippen molar-refractivity contribution < 1.29 is 0 Å². The molecule has 0 saturated heterocycles. The van der Waals surface area contributed by atoms with Crippen LogP contribution in [0.25, 0.3) is 6.08 Å². The lowest BCUT2D eigenvalue weighted by atomic mass is 10.2. The first-order valence-corrected chi connectivity index (χ1v) is 4.55. The van der Waals surface area contributed by atoms with Crippen LogP contribution in [0.1, 0.15) is 12.0 Å². The van der Waals surface area contributed by atoms with Gasteiger partial charge in [0.2, 0.25) is 0 Å². The van der Waals surface area contributed by atoms with Gasteiger partial charge in [0.15, 0.2) is 0 Å². The number of pyridine rings is 1. The monoisotopic (exact) mass is 192 g/mol. The van der Waals surface area contributed by atoms with Crippen molar-refractivity contribution in [1.82, 2.24) is 10.3 Å². The third-order valence-electron chi connectivity index (χ3n) is 1.91. The smallest absolute Gasteiger partial charge is 0.0740 e. The topological polar surface area (TPSA) is 77.0 Å². The average Bonchev–Trinajstić information content (AvgIpc) is 2.19. The second kappa shape index (κ2) is 5.24. The van der Waals surface area contributed by atoms with E-state index in [9.17, 15) is 0 Å². The van der Waals surface area contributed by atoms with Crippen LogP contribution in [0, 0.1) is 0 Å². The number of nitrogens with one attached hydrogen (secondary N) is 1. The predicted octanol–water partition coefficient (Wildman–Crippen LogP) is 0.869. The molecule has 0 amide bonds. The van der Waals surface area contributed by atoms with Gasteiger partial charge in [-0.25, -0.2) is 0 Å². The molecule has 0 radical (unpaired) electrons. The number of anilines is 2. The van der Waals surface area contributed by atoms with Crippen molar-refractivity contribution in [3.63, 3.8) is 0 Å². The lowest BCUT2D eigenvalue weighted by Gasteiger charge is -2.02. The lowest BCUT2D eigenvalue weighted by molar-refractivity contribution is 0.809. The van der Waals surface area contributed by atoms with Crippen molar-refractivity contribution in [3.8, 4) is 0 Å². The number of hydrogen-bond acceptors (Lipinski definition) is 4. The van der Waals surface area contributed by atoms with Gasteiger partial charge in [-0.3, -0.25) is 4.98 Å². The molecule has 76 valence electrons. The Balaban J connectivity index is 2.67. The molecule has 1 heterocycles. The van der Waals surface area contributed by atoms with Crippen LogP contribution in [0.4, 0.5) is 11.4 Å². The Bertz CT molecular complexity index is 320. The Morgan fingerprint density at radius 2 is 2.21 bits per heavy atom. The van der Waals surface area contributed by atoms with E-state index in [0.29, 0.717) is 11.4 Å². The van der Waals surface area contributed by atoms with Crippen molar-refractivity contribution in [2.75, 3.05) is 25.1 Å². The summed E-state index contributed by atoms with van der Waals surface area (Å²) in [6.45, 7) is 0.951. The number of hydrogen-bond donors (Lipinski definition) is 3. The van der Waals surface area contributed by atoms with Crippen LogP contribution in [-0.2, 0) is 0 Å². The second-order valence-corrected chi connectivity index (χ2v) is 3.03. The van der Waals surface area contributed by atoms with Crippen LogP contribution >= 0.6 is 0 Å². The number of nitrogens with zero attached hydrogens (tertiary/aromatic N) is 1. The van der Waals surface area contributed by atoms with E-state index in [1.807, 2.05) is 19.2 Å². The maximum absolute atomic E-state index is 5.77. The second-order valence-electron chi connectivity index (χ2n) is 3.03. The molecule has 0 atom stereocenters. The summed E-state index contributed by atoms with van der Waals surface area (Å²) in [5.41, 5.74) is 13.4. The SMILES string of the molecule is CNCCC=Cc1cncc(N)c1N. The van der Waals surface area contributed by atoms with Crippen LogP contribution in [0.15, 0.2) is 18.5 Å². The highest BCUT2D eigenvalue weighted by Crippen LogP contribution is 2.18. The van der Waals surface area contributed by atoms with Gasteiger partial charge in [-0.05, 0) is 20.0 Å². The van der Waals surface area contributed by atoms with E-state index in [-0.39, 0.29) is 0 Å².